The zero-order valence-electron chi connectivity index (χ0n) is 15.5. The van der Waals surface area contributed by atoms with E-state index in [4.69, 9.17) is 0 Å². The summed E-state index contributed by atoms with van der Waals surface area (Å²) in [4.78, 5) is 20.3. The first kappa shape index (κ1) is 19.1. The summed E-state index contributed by atoms with van der Waals surface area (Å²) in [7, 11) is -2.28. The van der Waals surface area contributed by atoms with Gasteiger partial charge < -0.3 is 10.3 Å². The quantitative estimate of drug-likeness (QED) is 0.603. The molecule has 0 radical (unpaired) electrons. The lowest BCUT2D eigenvalue weighted by molar-refractivity contribution is 0.0953. The van der Waals surface area contributed by atoms with Gasteiger partial charge in [0.15, 0.2) is 0 Å². The topological polar surface area (TPSA) is 104 Å². The predicted molar refractivity (Wildman–Crippen MR) is 104 cm³/mol. The Morgan fingerprint density at radius 3 is 2.63 bits per heavy atom. The first-order valence-electron chi connectivity index (χ1n) is 8.58. The first-order chi connectivity index (χ1) is 12.8. The van der Waals surface area contributed by atoms with Gasteiger partial charge >= 0.3 is 0 Å². The summed E-state index contributed by atoms with van der Waals surface area (Å²) in [6.45, 7) is 3.90. The molecule has 0 unspecified atom stereocenters. The van der Waals surface area contributed by atoms with Crippen molar-refractivity contribution in [2.75, 3.05) is 13.6 Å². The smallest absolute Gasteiger partial charge is 0.251 e. The van der Waals surface area contributed by atoms with Crippen LogP contribution in [-0.2, 0) is 16.4 Å². The van der Waals surface area contributed by atoms with Crippen LogP contribution >= 0.6 is 0 Å². The highest BCUT2D eigenvalue weighted by Gasteiger charge is 2.19. The molecule has 0 fully saturated rings. The Kier molecular flexibility index (Phi) is 5.29. The van der Waals surface area contributed by atoms with Crippen molar-refractivity contribution in [2.24, 2.45) is 0 Å². The number of rotatable bonds is 6. The van der Waals surface area contributed by atoms with Gasteiger partial charge in [0.05, 0.1) is 15.9 Å². The minimum atomic E-state index is -3.63. The van der Waals surface area contributed by atoms with Gasteiger partial charge in [0.25, 0.3) is 5.91 Å². The van der Waals surface area contributed by atoms with E-state index in [1.807, 2.05) is 24.3 Å². The fourth-order valence-corrected chi connectivity index (χ4v) is 3.93. The summed E-state index contributed by atoms with van der Waals surface area (Å²) in [6.07, 6.45) is 0.549. The number of benzene rings is 2. The highest BCUT2D eigenvalue weighted by atomic mass is 32.2. The standard InChI is InChI=1S/C19H22N4O3S/c1-12-10-14(11-17(13(12)2)27(25,26)20-3)19(24)21-9-8-18-22-15-6-4-5-7-16(15)23-18/h4-7,10-11,20H,8-9H2,1-3H3,(H,21,24)(H,22,23). The van der Waals surface area contributed by atoms with Crippen molar-refractivity contribution >= 4 is 27.0 Å². The molecule has 1 amide bonds. The molecule has 0 aliphatic rings. The van der Waals surface area contributed by atoms with Gasteiger partial charge in [-0.1, -0.05) is 12.1 Å². The maximum atomic E-state index is 12.5. The number of hydrogen-bond donors (Lipinski definition) is 3. The van der Waals surface area contributed by atoms with Crippen LogP contribution in [0.4, 0.5) is 0 Å². The number of fused-ring (bicyclic) bond motifs is 1. The van der Waals surface area contributed by atoms with E-state index < -0.39 is 10.0 Å². The highest BCUT2D eigenvalue weighted by molar-refractivity contribution is 7.89. The van der Waals surface area contributed by atoms with Crippen molar-refractivity contribution in [1.82, 2.24) is 20.0 Å². The molecule has 7 nitrogen and oxygen atoms in total. The fraction of sp³-hybridized carbons (Fsp3) is 0.263. The molecule has 0 aliphatic carbocycles. The van der Waals surface area contributed by atoms with Crippen molar-refractivity contribution < 1.29 is 13.2 Å². The van der Waals surface area contributed by atoms with Crippen LogP contribution in [0.5, 0.6) is 0 Å². The highest BCUT2D eigenvalue weighted by Crippen LogP contribution is 2.21. The summed E-state index contributed by atoms with van der Waals surface area (Å²) in [6, 6.07) is 10.8. The number of nitrogens with one attached hydrogen (secondary N) is 3. The monoisotopic (exact) mass is 386 g/mol. The fourth-order valence-electron chi connectivity index (χ4n) is 2.87. The molecule has 27 heavy (non-hydrogen) atoms. The van der Waals surface area contributed by atoms with Crippen LogP contribution in [0, 0.1) is 13.8 Å². The summed E-state index contributed by atoms with van der Waals surface area (Å²) in [5.41, 5.74) is 3.53. The van der Waals surface area contributed by atoms with Gasteiger partial charge in [-0.2, -0.15) is 0 Å². The van der Waals surface area contributed by atoms with Crippen molar-refractivity contribution in [3.05, 3.63) is 58.9 Å². The second-order valence-electron chi connectivity index (χ2n) is 6.33. The van der Waals surface area contributed by atoms with Crippen molar-refractivity contribution in [3.8, 4) is 0 Å². The molecule has 0 saturated heterocycles. The molecule has 3 rings (SSSR count). The van der Waals surface area contributed by atoms with Crippen molar-refractivity contribution in [3.63, 3.8) is 0 Å². The molecule has 3 N–H and O–H groups in total. The van der Waals surface area contributed by atoms with E-state index in [-0.39, 0.29) is 10.8 Å². The van der Waals surface area contributed by atoms with E-state index >= 15 is 0 Å². The molecule has 0 aliphatic heterocycles. The lowest BCUT2D eigenvalue weighted by atomic mass is 10.1. The van der Waals surface area contributed by atoms with Gasteiger partial charge in [-0.25, -0.2) is 18.1 Å². The van der Waals surface area contributed by atoms with Crippen LogP contribution in [0.1, 0.15) is 27.3 Å². The lowest BCUT2D eigenvalue weighted by Crippen LogP contribution is -2.27. The van der Waals surface area contributed by atoms with Crippen LogP contribution in [-0.4, -0.2) is 37.9 Å². The van der Waals surface area contributed by atoms with Crippen molar-refractivity contribution in [1.29, 1.82) is 0 Å². The Hall–Kier alpha value is -2.71. The number of sulfonamides is 1. The molecule has 0 atom stereocenters. The number of para-hydroxylation sites is 2. The normalized spacial score (nSPS) is 11.7. The van der Waals surface area contributed by atoms with Gasteiger partial charge in [0, 0.05) is 18.5 Å². The lowest BCUT2D eigenvalue weighted by Gasteiger charge is -2.12. The minimum absolute atomic E-state index is 0.118. The van der Waals surface area contributed by atoms with E-state index in [1.165, 1.54) is 13.1 Å². The molecule has 0 saturated carbocycles. The van der Waals surface area contributed by atoms with Crippen LogP contribution < -0.4 is 10.0 Å². The minimum Gasteiger partial charge on any atom is -0.352 e. The van der Waals surface area contributed by atoms with E-state index in [1.54, 1.807) is 19.9 Å². The van der Waals surface area contributed by atoms with Crippen LogP contribution in [0.2, 0.25) is 0 Å². The van der Waals surface area contributed by atoms with E-state index in [9.17, 15) is 13.2 Å². The number of amides is 1. The largest absolute Gasteiger partial charge is 0.352 e. The molecule has 2 aromatic carbocycles. The number of aromatic amines is 1. The molecular weight excluding hydrogens is 364 g/mol. The second-order valence-corrected chi connectivity index (χ2v) is 8.19. The van der Waals surface area contributed by atoms with Gasteiger partial charge in [-0.3, -0.25) is 4.79 Å². The summed E-state index contributed by atoms with van der Waals surface area (Å²) in [5, 5.41) is 2.82. The molecule has 0 bridgehead atoms. The molecule has 8 heteroatoms. The number of carbonyl (C=O) groups excluding carboxylic acids is 1. The zero-order chi connectivity index (χ0) is 19.6. The number of hydrogen-bond acceptors (Lipinski definition) is 4. The summed E-state index contributed by atoms with van der Waals surface area (Å²) in [5.74, 6) is 0.469. The number of imidazole rings is 1. The maximum Gasteiger partial charge on any atom is 0.251 e. The molecule has 142 valence electrons. The Morgan fingerprint density at radius 2 is 1.93 bits per heavy atom. The molecule has 0 spiro atoms. The summed E-state index contributed by atoms with van der Waals surface area (Å²) < 4.78 is 26.7. The SMILES string of the molecule is CNS(=O)(=O)c1cc(C(=O)NCCc2nc3ccccc3[nH]2)cc(C)c1C. The summed E-state index contributed by atoms with van der Waals surface area (Å²) >= 11 is 0. The third-order valence-electron chi connectivity index (χ3n) is 4.53. The Balaban J connectivity index is 1.72. The van der Waals surface area contributed by atoms with Crippen LogP contribution in [0.3, 0.4) is 0 Å². The first-order valence-corrected chi connectivity index (χ1v) is 10.1. The van der Waals surface area contributed by atoms with Gasteiger partial charge in [-0.05, 0) is 56.3 Å². The second kappa shape index (κ2) is 7.50. The van der Waals surface area contributed by atoms with Gasteiger partial charge in [0.2, 0.25) is 10.0 Å². The van der Waals surface area contributed by atoms with Crippen LogP contribution in [0.15, 0.2) is 41.3 Å². The van der Waals surface area contributed by atoms with Gasteiger partial charge in [0.1, 0.15) is 5.82 Å². The Morgan fingerprint density at radius 1 is 1.19 bits per heavy atom. The van der Waals surface area contributed by atoms with Crippen molar-refractivity contribution in [2.45, 2.75) is 25.2 Å². The third kappa shape index (κ3) is 4.01. The molecule has 1 aromatic heterocycles. The number of nitrogens with zero attached hydrogens (tertiary/aromatic N) is 1. The number of aromatic nitrogens is 2. The zero-order valence-corrected chi connectivity index (χ0v) is 16.3. The predicted octanol–water partition coefficient (Wildman–Crippen LogP) is 2.06. The average Bonchev–Trinajstić information content (AvgIpc) is 3.06. The van der Waals surface area contributed by atoms with E-state index in [0.29, 0.717) is 24.1 Å². The maximum absolute atomic E-state index is 12.5. The van der Waals surface area contributed by atoms with Gasteiger partial charge in [-0.15, -0.1) is 0 Å². The molecule has 1 heterocycles. The van der Waals surface area contributed by atoms with E-state index in [0.717, 1.165) is 22.4 Å². The molecular formula is C19H22N4O3S. The van der Waals surface area contributed by atoms with E-state index in [2.05, 4.69) is 20.0 Å². The third-order valence-corrected chi connectivity index (χ3v) is 6.07. The van der Waals surface area contributed by atoms with Crippen LogP contribution in [0.25, 0.3) is 11.0 Å². The molecule has 3 aromatic rings. The number of aryl methyl sites for hydroxylation is 1. The average molecular weight is 386 g/mol. The number of carbonyl (C=O) groups is 1. The Labute approximate surface area is 158 Å². The number of H-pyrrole nitrogens is 1. The Bertz CT molecular complexity index is 1070.